The maximum atomic E-state index is 13.6. The zero-order chi connectivity index (χ0) is 21.3. The van der Waals surface area contributed by atoms with E-state index in [1.165, 1.54) is 19.2 Å². The number of hydrogen-bond donors (Lipinski definition) is 3. The van der Waals surface area contributed by atoms with Crippen LogP contribution < -0.4 is 10.6 Å². The fraction of sp³-hybridized carbons (Fsp3) is 0.609. The van der Waals surface area contributed by atoms with Crippen LogP contribution in [0, 0.1) is 11.7 Å². The van der Waals surface area contributed by atoms with E-state index in [-0.39, 0.29) is 5.82 Å². The standard InChI is InChI=1S/C23H37FN6/c1-4-25-23(28-15-18(3)17-30-12-10-29(5-2)11-13-30)26-9-8-19-16-27-22-7-6-20(24)14-21(19)22/h6-7,14,16,18,27H,4-5,8-13,15,17H2,1-3H3,(H2,25,26,28). The van der Waals surface area contributed by atoms with Gasteiger partial charge in [0.15, 0.2) is 5.96 Å². The second-order valence-electron chi connectivity index (χ2n) is 8.24. The van der Waals surface area contributed by atoms with Gasteiger partial charge in [-0.25, -0.2) is 4.39 Å². The molecule has 1 aliphatic heterocycles. The lowest BCUT2D eigenvalue weighted by Gasteiger charge is -2.35. The highest BCUT2D eigenvalue weighted by Gasteiger charge is 2.17. The van der Waals surface area contributed by atoms with Gasteiger partial charge < -0.3 is 25.4 Å². The molecule has 1 aliphatic rings. The Morgan fingerprint density at radius 3 is 2.67 bits per heavy atom. The van der Waals surface area contributed by atoms with Gasteiger partial charge in [-0.2, -0.15) is 0 Å². The van der Waals surface area contributed by atoms with Crippen molar-refractivity contribution in [2.24, 2.45) is 10.9 Å². The number of nitrogens with zero attached hydrogens (tertiary/aromatic N) is 3. The number of halogens is 1. The molecule has 166 valence electrons. The number of benzene rings is 1. The Hall–Kier alpha value is -2.12. The number of guanidine groups is 1. The van der Waals surface area contributed by atoms with E-state index in [9.17, 15) is 4.39 Å². The summed E-state index contributed by atoms with van der Waals surface area (Å²) in [5.41, 5.74) is 2.09. The van der Waals surface area contributed by atoms with Crippen molar-refractivity contribution in [2.45, 2.75) is 27.2 Å². The maximum Gasteiger partial charge on any atom is 0.191 e. The van der Waals surface area contributed by atoms with Crippen molar-refractivity contribution >= 4 is 16.9 Å². The Balaban J connectivity index is 1.46. The van der Waals surface area contributed by atoms with E-state index < -0.39 is 0 Å². The molecule has 1 atom stereocenters. The van der Waals surface area contributed by atoms with Crippen LogP contribution in [0.3, 0.4) is 0 Å². The number of aromatic amines is 1. The number of likely N-dealkylation sites (N-methyl/N-ethyl adjacent to an activating group) is 1. The summed E-state index contributed by atoms with van der Waals surface area (Å²) in [5.74, 6) is 1.17. The van der Waals surface area contributed by atoms with Crippen molar-refractivity contribution in [3.8, 4) is 0 Å². The first-order valence-corrected chi connectivity index (χ1v) is 11.3. The Morgan fingerprint density at radius 2 is 1.93 bits per heavy atom. The van der Waals surface area contributed by atoms with Crippen molar-refractivity contribution < 1.29 is 4.39 Å². The van der Waals surface area contributed by atoms with Crippen LogP contribution >= 0.6 is 0 Å². The summed E-state index contributed by atoms with van der Waals surface area (Å²) < 4.78 is 13.6. The van der Waals surface area contributed by atoms with Gasteiger partial charge in [-0.3, -0.25) is 4.99 Å². The first kappa shape index (κ1) is 22.6. The minimum absolute atomic E-state index is 0.198. The molecule has 0 aliphatic carbocycles. The minimum atomic E-state index is -0.198. The molecule has 1 saturated heterocycles. The van der Waals surface area contributed by atoms with Gasteiger partial charge >= 0.3 is 0 Å². The zero-order valence-corrected chi connectivity index (χ0v) is 18.7. The Morgan fingerprint density at radius 1 is 1.17 bits per heavy atom. The van der Waals surface area contributed by atoms with Gasteiger partial charge in [0.1, 0.15) is 5.82 Å². The van der Waals surface area contributed by atoms with E-state index in [2.05, 4.69) is 46.2 Å². The van der Waals surface area contributed by atoms with E-state index >= 15 is 0 Å². The van der Waals surface area contributed by atoms with Crippen LogP contribution in [0.25, 0.3) is 10.9 Å². The fourth-order valence-electron chi connectivity index (χ4n) is 4.05. The first-order valence-electron chi connectivity index (χ1n) is 11.3. The summed E-state index contributed by atoms with van der Waals surface area (Å²) in [7, 11) is 0. The number of rotatable bonds is 9. The number of H-pyrrole nitrogens is 1. The van der Waals surface area contributed by atoms with Crippen molar-refractivity contribution in [2.75, 3.05) is 58.9 Å². The highest BCUT2D eigenvalue weighted by molar-refractivity contribution is 5.83. The summed E-state index contributed by atoms with van der Waals surface area (Å²) >= 11 is 0. The van der Waals surface area contributed by atoms with E-state index in [0.29, 0.717) is 5.92 Å². The van der Waals surface area contributed by atoms with Crippen molar-refractivity contribution in [3.63, 3.8) is 0 Å². The molecule has 30 heavy (non-hydrogen) atoms. The molecular weight excluding hydrogens is 379 g/mol. The molecule has 1 aromatic carbocycles. The molecule has 0 radical (unpaired) electrons. The lowest BCUT2D eigenvalue weighted by Crippen LogP contribution is -2.47. The monoisotopic (exact) mass is 416 g/mol. The number of fused-ring (bicyclic) bond motifs is 1. The van der Waals surface area contributed by atoms with Crippen LogP contribution in [0.1, 0.15) is 26.3 Å². The molecular formula is C23H37FN6. The van der Waals surface area contributed by atoms with Gasteiger partial charge in [-0.15, -0.1) is 0 Å². The Labute approximate surface area is 179 Å². The molecule has 6 nitrogen and oxygen atoms in total. The third-order valence-corrected chi connectivity index (χ3v) is 5.80. The predicted molar refractivity (Wildman–Crippen MR) is 124 cm³/mol. The van der Waals surface area contributed by atoms with E-state index in [1.54, 1.807) is 12.1 Å². The van der Waals surface area contributed by atoms with Gasteiger partial charge in [-0.05, 0) is 49.6 Å². The largest absolute Gasteiger partial charge is 0.361 e. The van der Waals surface area contributed by atoms with E-state index in [0.717, 1.165) is 74.7 Å². The second kappa shape index (κ2) is 11.3. The summed E-state index contributed by atoms with van der Waals surface area (Å²) in [6.07, 6.45) is 2.78. The minimum Gasteiger partial charge on any atom is -0.361 e. The molecule has 2 heterocycles. The van der Waals surface area contributed by atoms with Crippen molar-refractivity contribution in [1.29, 1.82) is 0 Å². The van der Waals surface area contributed by atoms with Crippen LogP contribution in [0.5, 0.6) is 0 Å². The highest BCUT2D eigenvalue weighted by Crippen LogP contribution is 2.19. The third-order valence-electron chi connectivity index (χ3n) is 5.80. The molecule has 0 bridgehead atoms. The van der Waals surface area contributed by atoms with Gasteiger partial charge in [0.05, 0.1) is 0 Å². The van der Waals surface area contributed by atoms with Crippen LogP contribution in [0.2, 0.25) is 0 Å². The molecule has 2 aromatic rings. The second-order valence-corrected chi connectivity index (χ2v) is 8.24. The van der Waals surface area contributed by atoms with Gasteiger partial charge in [0.25, 0.3) is 0 Å². The van der Waals surface area contributed by atoms with Crippen molar-refractivity contribution in [3.05, 3.63) is 35.8 Å². The van der Waals surface area contributed by atoms with Gasteiger partial charge in [-0.1, -0.05) is 13.8 Å². The van der Waals surface area contributed by atoms with E-state index in [1.807, 2.05) is 6.20 Å². The molecule has 3 rings (SSSR count). The van der Waals surface area contributed by atoms with Crippen LogP contribution in [0.15, 0.2) is 29.4 Å². The maximum absolute atomic E-state index is 13.6. The molecule has 7 heteroatoms. The van der Waals surface area contributed by atoms with Gasteiger partial charge in [0.2, 0.25) is 0 Å². The summed E-state index contributed by atoms with van der Waals surface area (Å²) in [5, 5.41) is 7.71. The van der Waals surface area contributed by atoms with Crippen LogP contribution in [-0.2, 0) is 6.42 Å². The van der Waals surface area contributed by atoms with Crippen LogP contribution in [0.4, 0.5) is 4.39 Å². The number of nitrogens with one attached hydrogen (secondary N) is 3. The molecule has 0 saturated carbocycles. The summed E-state index contributed by atoms with van der Waals surface area (Å²) in [4.78, 5) is 13.1. The molecule has 3 N–H and O–H groups in total. The highest BCUT2D eigenvalue weighted by atomic mass is 19.1. The molecule has 0 spiro atoms. The normalized spacial score (nSPS) is 17.4. The molecule has 1 fully saturated rings. The third kappa shape index (κ3) is 6.44. The topological polar surface area (TPSA) is 58.7 Å². The molecule has 0 amide bonds. The first-order chi connectivity index (χ1) is 14.6. The summed E-state index contributed by atoms with van der Waals surface area (Å²) in [6.45, 7) is 15.9. The van der Waals surface area contributed by atoms with Crippen molar-refractivity contribution in [1.82, 2.24) is 25.4 Å². The average molecular weight is 417 g/mol. The number of aromatic nitrogens is 1. The number of aliphatic imine (C=N–C) groups is 1. The average Bonchev–Trinajstić information content (AvgIpc) is 3.14. The fourth-order valence-corrected chi connectivity index (χ4v) is 4.05. The van der Waals surface area contributed by atoms with Gasteiger partial charge in [0, 0.05) is 69.5 Å². The quantitative estimate of drug-likeness (QED) is 0.435. The van der Waals surface area contributed by atoms with Crippen LogP contribution in [-0.4, -0.2) is 79.6 Å². The lowest BCUT2D eigenvalue weighted by molar-refractivity contribution is 0.125. The number of hydrogen-bond acceptors (Lipinski definition) is 3. The Kier molecular flexibility index (Phi) is 8.51. The number of piperazine rings is 1. The SMILES string of the molecule is CCNC(=NCC(C)CN1CCN(CC)CC1)NCCc1c[nH]c2ccc(F)cc12. The zero-order valence-electron chi connectivity index (χ0n) is 18.7. The summed E-state index contributed by atoms with van der Waals surface area (Å²) in [6, 6.07) is 4.88. The Bertz CT molecular complexity index is 809. The molecule has 1 unspecified atom stereocenters. The predicted octanol–water partition coefficient (Wildman–Crippen LogP) is 2.68. The lowest BCUT2D eigenvalue weighted by atomic mass is 10.1. The smallest absolute Gasteiger partial charge is 0.191 e. The van der Waals surface area contributed by atoms with E-state index in [4.69, 9.17) is 4.99 Å². The molecule has 1 aromatic heterocycles.